The predicted octanol–water partition coefficient (Wildman–Crippen LogP) is 4.27. The SMILES string of the molecule is Fc1ccc([C@H](CNc2nc(C(F)(F)F)nc3ccccc23)N2CCOCC2)cc1. The molecule has 158 valence electrons. The number of alkyl halides is 3. The normalized spacial score (nSPS) is 16.5. The minimum absolute atomic E-state index is 0.119. The van der Waals surface area contributed by atoms with Gasteiger partial charge in [-0.05, 0) is 29.8 Å². The molecule has 0 bridgehead atoms. The maximum absolute atomic E-state index is 13.4. The van der Waals surface area contributed by atoms with Gasteiger partial charge in [0.05, 0.1) is 24.8 Å². The molecule has 0 spiro atoms. The van der Waals surface area contributed by atoms with Gasteiger partial charge in [0.1, 0.15) is 11.6 Å². The Balaban J connectivity index is 1.66. The number of hydrogen-bond donors (Lipinski definition) is 1. The van der Waals surface area contributed by atoms with Crippen LogP contribution in [0.4, 0.5) is 23.4 Å². The highest BCUT2D eigenvalue weighted by Gasteiger charge is 2.35. The van der Waals surface area contributed by atoms with E-state index in [9.17, 15) is 17.6 Å². The number of aromatic nitrogens is 2. The smallest absolute Gasteiger partial charge is 0.379 e. The van der Waals surface area contributed by atoms with Crippen molar-refractivity contribution in [3.8, 4) is 0 Å². The van der Waals surface area contributed by atoms with Gasteiger partial charge in [-0.3, -0.25) is 4.90 Å². The largest absolute Gasteiger partial charge is 0.451 e. The van der Waals surface area contributed by atoms with Crippen LogP contribution in [-0.4, -0.2) is 47.7 Å². The summed E-state index contributed by atoms with van der Waals surface area (Å²) in [6, 6.07) is 12.5. The third-order valence-electron chi connectivity index (χ3n) is 5.06. The molecule has 2 aromatic carbocycles. The van der Waals surface area contributed by atoms with E-state index in [1.165, 1.54) is 18.2 Å². The molecule has 2 heterocycles. The van der Waals surface area contributed by atoms with Crippen molar-refractivity contribution in [2.45, 2.75) is 12.2 Å². The number of benzene rings is 2. The molecule has 30 heavy (non-hydrogen) atoms. The molecule has 1 aromatic heterocycles. The summed E-state index contributed by atoms with van der Waals surface area (Å²) in [4.78, 5) is 9.56. The number of rotatable bonds is 5. The summed E-state index contributed by atoms with van der Waals surface area (Å²) in [6.45, 7) is 2.76. The molecule has 1 fully saturated rings. The van der Waals surface area contributed by atoms with Crippen LogP contribution in [0, 0.1) is 5.82 Å². The molecule has 0 aliphatic carbocycles. The average Bonchev–Trinajstić information content (AvgIpc) is 2.75. The lowest BCUT2D eigenvalue weighted by Crippen LogP contribution is -2.41. The fourth-order valence-electron chi connectivity index (χ4n) is 3.56. The molecule has 3 aromatic rings. The minimum Gasteiger partial charge on any atom is -0.379 e. The number of nitrogens with zero attached hydrogens (tertiary/aromatic N) is 3. The topological polar surface area (TPSA) is 50.3 Å². The predicted molar refractivity (Wildman–Crippen MR) is 105 cm³/mol. The van der Waals surface area contributed by atoms with Crippen molar-refractivity contribution in [1.29, 1.82) is 0 Å². The number of ether oxygens (including phenoxy) is 1. The van der Waals surface area contributed by atoms with Gasteiger partial charge in [-0.15, -0.1) is 0 Å². The number of nitrogens with one attached hydrogen (secondary N) is 1. The first-order valence-electron chi connectivity index (χ1n) is 9.57. The van der Waals surface area contributed by atoms with Crippen LogP contribution < -0.4 is 5.32 Å². The molecule has 4 rings (SSSR count). The molecular weight excluding hydrogens is 400 g/mol. The molecular formula is C21H20F4N4O. The van der Waals surface area contributed by atoms with E-state index >= 15 is 0 Å². The maximum atomic E-state index is 13.4. The number of fused-ring (bicyclic) bond motifs is 1. The Morgan fingerprint density at radius 1 is 1.00 bits per heavy atom. The van der Waals surface area contributed by atoms with Gasteiger partial charge in [0.25, 0.3) is 0 Å². The summed E-state index contributed by atoms with van der Waals surface area (Å²) in [6.07, 6.45) is -4.65. The Morgan fingerprint density at radius 2 is 1.70 bits per heavy atom. The van der Waals surface area contributed by atoms with Crippen molar-refractivity contribution < 1.29 is 22.3 Å². The first kappa shape index (κ1) is 20.5. The zero-order valence-corrected chi connectivity index (χ0v) is 16.0. The van der Waals surface area contributed by atoms with Gasteiger partial charge in [-0.25, -0.2) is 14.4 Å². The van der Waals surface area contributed by atoms with Crippen molar-refractivity contribution in [3.63, 3.8) is 0 Å². The van der Waals surface area contributed by atoms with Gasteiger partial charge in [-0.2, -0.15) is 13.2 Å². The second-order valence-electron chi connectivity index (χ2n) is 7.01. The molecule has 1 N–H and O–H groups in total. The van der Waals surface area contributed by atoms with Gasteiger partial charge in [-0.1, -0.05) is 24.3 Å². The summed E-state index contributed by atoms with van der Waals surface area (Å²) < 4.78 is 58.6. The van der Waals surface area contributed by atoms with Gasteiger partial charge >= 0.3 is 6.18 Å². The zero-order valence-electron chi connectivity index (χ0n) is 16.0. The van der Waals surface area contributed by atoms with Crippen LogP contribution in [0.3, 0.4) is 0 Å². The highest BCUT2D eigenvalue weighted by Crippen LogP contribution is 2.31. The van der Waals surface area contributed by atoms with E-state index < -0.39 is 12.0 Å². The quantitative estimate of drug-likeness (QED) is 0.625. The summed E-state index contributed by atoms with van der Waals surface area (Å²) in [7, 11) is 0. The van der Waals surface area contributed by atoms with Crippen LogP contribution in [0.1, 0.15) is 17.4 Å². The number of morpholine rings is 1. The first-order chi connectivity index (χ1) is 14.4. The van der Waals surface area contributed by atoms with Crippen molar-refractivity contribution in [2.75, 3.05) is 38.2 Å². The van der Waals surface area contributed by atoms with E-state index in [-0.39, 0.29) is 23.2 Å². The monoisotopic (exact) mass is 420 g/mol. The Hall–Kier alpha value is -2.78. The van der Waals surface area contributed by atoms with Crippen molar-refractivity contribution in [2.24, 2.45) is 0 Å². The van der Waals surface area contributed by atoms with Crippen molar-refractivity contribution >= 4 is 16.7 Å². The molecule has 9 heteroatoms. The van der Waals surface area contributed by atoms with E-state index in [4.69, 9.17) is 4.74 Å². The van der Waals surface area contributed by atoms with Gasteiger partial charge in [0.15, 0.2) is 0 Å². The first-order valence-corrected chi connectivity index (χ1v) is 9.57. The van der Waals surface area contributed by atoms with E-state index in [1.807, 2.05) is 0 Å². The summed E-state index contributed by atoms with van der Waals surface area (Å²) >= 11 is 0. The molecule has 1 aliphatic heterocycles. The van der Waals surface area contributed by atoms with Gasteiger partial charge in [0, 0.05) is 25.0 Å². The lowest BCUT2D eigenvalue weighted by Gasteiger charge is -2.35. The minimum atomic E-state index is -4.65. The van der Waals surface area contributed by atoms with Crippen LogP contribution in [0.15, 0.2) is 48.5 Å². The van der Waals surface area contributed by atoms with E-state index in [0.29, 0.717) is 38.2 Å². The van der Waals surface area contributed by atoms with Crippen molar-refractivity contribution in [3.05, 3.63) is 65.7 Å². The number of anilines is 1. The third kappa shape index (κ3) is 4.52. The second-order valence-corrected chi connectivity index (χ2v) is 7.01. The maximum Gasteiger partial charge on any atom is 0.451 e. The lowest BCUT2D eigenvalue weighted by atomic mass is 10.0. The molecule has 1 atom stereocenters. The molecule has 0 radical (unpaired) electrons. The molecule has 1 saturated heterocycles. The molecule has 0 unspecified atom stereocenters. The van der Waals surface area contributed by atoms with E-state index in [2.05, 4.69) is 20.2 Å². The standard InChI is InChI=1S/C21H20F4N4O/c22-15-7-5-14(6-8-15)18(29-9-11-30-12-10-29)13-26-19-16-3-1-2-4-17(16)27-20(28-19)21(23,24)25/h1-8,18H,9-13H2,(H,26,27,28)/t18-/m0/s1. The fourth-order valence-corrected chi connectivity index (χ4v) is 3.56. The molecule has 5 nitrogen and oxygen atoms in total. The van der Waals surface area contributed by atoms with Gasteiger partial charge in [0.2, 0.25) is 5.82 Å². The zero-order chi connectivity index (χ0) is 21.1. The summed E-state index contributed by atoms with van der Waals surface area (Å²) in [5.74, 6) is -1.41. The van der Waals surface area contributed by atoms with Crippen LogP contribution in [-0.2, 0) is 10.9 Å². The molecule has 0 saturated carbocycles. The lowest BCUT2D eigenvalue weighted by molar-refractivity contribution is -0.144. The number of hydrogen-bond acceptors (Lipinski definition) is 5. The van der Waals surface area contributed by atoms with Gasteiger partial charge < -0.3 is 10.1 Å². The Morgan fingerprint density at radius 3 is 2.40 bits per heavy atom. The van der Waals surface area contributed by atoms with Crippen LogP contribution >= 0.6 is 0 Å². The van der Waals surface area contributed by atoms with Crippen LogP contribution in [0.25, 0.3) is 10.9 Å². The number of para-hydroxylation sites is 1. The number of halogens is 4. The summed E-state index contributed by atoms with van der Waals surface area (Å²) in [5, 5.41) is 3.59. The van der Waals surface area contributed by atoms with Crippen molar-refractivity contribution in [1.82, 2.24) is 14.9 Å². The van der Waals surface area contributed by atoms with E-state index in [0.717, 1.165) is 5.56 Å². The molecule has 0 amide bonds. The Labute approximate surface area is 170 Å². The van der Waals surface area contributed by atoms with Crippen LogP contribution in [0.2, 0.25) is 0 Å². The van der Waals surface area contributed by atoms with Crippen LogP contribution in [0.5, 0.6) is 0 Å². The summed E-state index contributed by atoms with van der Waals surface area (Å²) in [5.41, 5.74) is 1.08. The third-order valence-corrected chi connectivity index (χ3v) is 5.06. The Kier molecular flexibility index (Phi) is 5.83. The molecule has 1 aliphatic rings. The van der Waals surface area contributed by atoms with E-state index in [1.54, 1.807) is 30.3 Å². The fraction of sp³-hybridized carbons (Fsp3) is 0.333. The Bertz CT molecular complexity index is 1000. The second kappa shape index (κ2) is 8.53. The highest BCUT2D eigenvalue weighted by atomic mass is 19.4. The highest BCUT2D eigenvalue weighted by molar-refractivity contribution is 5.89. The average molecular weight is 420 g/mol.